The Kier molecular flexibility index (Phi) is 10.6. The molecule has 19 heteroatoms. The zero-order valence-electron chi connectivity index (χ0n) is 21.2. The third-order valence-electron chi connectivity index (χ3n) is 3.48. The number of hydrogen-bond donors (Lipinski definition) is 0. The van der Waals surface area contributed by atoms with Gasteiger partial charge in [0.2, 0.25) is 0 Å². The summed E-state index contributed by atoms with van der Waals surface area (Å²) in [6, 6.07) is 0. The maximum Gasteiger partial charge on any atom is 0.497 e. The lowest BCUT2D eigenvalue weighted by molar-refractivity contribution is -0.482. The van der Waals surface area contributed by atoms with Crippen LogP contribution in [0.25, 0.3) is 0 Å². The van der Waals surface area contributed by atoms with Gasteiger partial charge in [-0.25, -0.2) is 4.39 Å². The number of alkyl halides is 11. The highest BCUT2D eigenvalue weighted by Crippen LogP contribution is 2.51. The van der Waals surface area contributed by atoms with Crippen LogP contribution in [0.3, 0.4) is 0 Å². The van der Waals surface area contributed by atoms with Gasteiger partial charge in [-0.15, -0.1) is 0 Å². The van der Waals surface area contributed by atoms with Crippen LogP contribution in [0.15, 0.2) is 11.8 Å². The van der Waals surface area contributed by atoms with Gasteiger partial charge in [0.15, 0.2) is 25.0 Å². The molecule has 0 aromatic heterocycles. The van der Waals surface area contributed by atoms with Crippen LogP contribution in [0.4, 0.5) is 48.3 Å². The Labute approximate surface area is 206 Å². The summed E-state index contributed by atoms with van der Waals surface area (Å²) in [7, 11) is -11.9. The van der Waals surface area contributed by atoms with Gasteiger partial charge < -0.3 is 12.3 Å². The van der Waals surface area contributed by atoms with Crippen LogP contribution in [-0.4, -0.2) is 64.0 Å². The van der Waals surface area contributed by atoms with Gasteiger partial charge >= 0.3 is 39.0 Å². The lowest BCUT2D eigenvalue weighted by Gasteiger charge is -2.41. The van der Waals surface area contributed by atoms with E-state index in [2.05, 4.69) is 4.74 Å². The van der Waals surface area contributed by atoms with Gasteiger partial charge in [-0.2, -0.15) is 43.9 Å². The molecule has 1 unspecified atom stereocenters. The van der Waals surface area contributed by atoms with Crippen molar-refractivity contribution in [1.29, 1.82) is 0 Å². The Bertz CT molecular complexity index is 728. The molecule has 0 aromatic rings. The SMILES string of the molecule is C[Si](C)(C)O[Si](/C=C/CC(F)(OC(F)(F)C(F)(F)C(F)(F)F)C(F)(F)F)(O[Si](C)(C)C)O[Si](C)(C)C. The molecule has 1 atom stereocenters. The van der Waals surface area contributed by atoms with E-state index >= 15 is 0 Å². The molecule has 0 aliphatic carbocycles. The summed E-state index contributed by atoms with van der Waals surface area (Å²) in [6.07, 6.45) is -22.3. The Hall–Kier alpha value is -0.322. The van der Waals surface area contributed by atoms with Crippen molar-refractivity contribution in [3.63, 3.8) is 0 Å². The van der Waals surface area contributed by atoms with Crippen molar-refractivity contribution in [3.05, 3.63) is 11.8 Å². The highest BCUT2D eigenvalue weighted by Gasteiger charge is 2.78. The van der Waals surface area contributed by atoms with Crippen LogP contribution in [0.1, 0.15) is 6.42 Å². The zero-order chi connectivity index (χ0) is 29.4. The number of ether oxygens (including phenoxy) is 1. The Morgan fingerprint density at radius 2 is 0.889 bits per heavy atom. The van der Waals surface area contributed by atoms with Gasteiger partial charge in [0, 0.05) is 6.42 Å². The van der Waals surface area contributed by atoms with Crippen molar-refractivity contribution >= 4 is 33.8 Å². The number of hydrogen-bond acceptors (Lipinski definition) is 4. The van der Waals surface area contributed by atoms with Gasteiger partial charge in [0.05, 0.1) is 0 Å². The van der Waals surface area contributed by atoms with Crippen LogP contribution < -0.4 is 0 Å². The summed E-state index contributed by atoms with van der Waals surface area (Å²) >= 11 is 0. The fraction of sp³-hybridized carbons (Fsp3) is 0.882. The van der Waals surface area contributed by atoms with Gasteiger partial charge in [0.25, 0.3) is 0 Å². The molecule has 0 N–H and O–H groups in total. The van der Waals surface area contributed by atoms with E-state index in [1.54, 1.807) is 58.9 Å². The van der Waals surface area contributed by atoms with Crippen LogP contribution >= 0.6 is 0 Å². The molecule has 0 amide bonds. The lowest BCUT2D eigenvalue weighted by Crippen LogP contribution is -2.60. The molecule has 0 aliphatic heterocycles. The van der Waals surface area contributed by atoms with Gasteiger partial charge in [-0.3, -0.25) is 4.74 Å². The molecule has 0 radical (unpaired) electrons. The summed E-state index contributed by atoms with van der Waals surface area (Å²) in [5, 5.41) is 0. The summed E-state index contributed by atoms with van der Waals surface area (Å²) < 4.78 is 165. The maximum atomic E-state index is 14.6. The Morgan fingerprint density at radius 1 is 0.556 bits per heavy atom. The normalized spacial score (nSPS) is 17.6. The molecule has 36 heavy (non-hydrogen) atoms. The minimum absolute atomic E-state index is 0.294. The second kappa shape index (κ2) is 10.7. The first kappa shape index (κ1) is 35.7. The first-order chi connectivity index (χ1) is 15.3. The lowest BCUT2D eigenvalue weighted by atomic mass is 10.2. The van der Waals surface area contributed by atoms with Crippen LogP contribution in [0.5, 0.6) is 0 Å². The van der Waals surface area contributed by atoms with E-state index in [-0.39, 0.29) is 0 Å². The minimum Gasteiger partial charge on any atom is -0.414 e. The third-order valence-corrected chi connectivity index (χ3v) is 14.9. The standard InChI is InChI=1S/C17H31F11O4Si4/c1-33(2,3)30-36(31-34(4,5)6,32-35(7,8)9)12-10-11-13(18,15(21,22)23)29-17(27,28)14(19,20)16(24,25)26/h10,12H,11H2,1-9H3/b12-10+. The summed E-state index contributed by atoms with van der Waals surface area (Å²) in [4.78, 5) is 0. The molecule has 0 bridgehead atoms. The van der Waals surface area contributed by atoms with Crippen LogP contribution in [0.2, 0.25) is 58.9 Å². The van der Waals surface area contributed by atoms with Crippen molar-refractivity contribution in [2.75, 3.05) is 0 Å². The summed E-state index contributed by atoms with van der Waals surface area (Å²) in [6.45, 7) is 15.1. The van der Waals surface area contributed by atoms with Crippen molar-refractivity contribution < 1.29 is 65.4 Å². The van der Waals surface area contributed by atoms with E-state index in [0.29, 0.717) is 6.08 Å². The molecule has 0 saturated heterocycles. The second-order valence-electron chi connectivity index (χ2n) is 10.8. The summed E-state index contributed by atoms with van der Waals surface area (Å²) in [5.74, 6) is -12.7. The molecule has 0 spiro atoms. The molecular weight excluding hydrogens is 590 g/mol. The fourth-order valence-electron chi connectivity index (χ4n) is 2.45. The summed E-state index contributed by atoms with van der Waals surface area (Å²) in [5.41, 5.74) is 0.797. The molecular formula is C17H31F11O4Si4. The largest absolute Gasteiger partial charge is 0.497 e. The van der Waals surface area contributed by atoms with Crippen molar-refractivity contribution in [2.45, 2.75) is 95.6 Å². The van der Waals surface area contributed by atoms with Crippen molar-refractivity contribution in [2.24, 2.45) is 0 Å². The highest BCUT2D eigenvalue weighted by molar-refractivity contribution is 6.92. The van der Waals surface area contributed by atoms with E-state index in [4.69, 9.17) is 12.3 Å². The minimum atomic E-state index is -7.12. The van der Waals surface area contributed by atoms with E-state index in [9.17, 15) is 48.3 Å². The number of rotatable bonds is 12. The Morgan fingerprint density at radius 3 is 1.14 bits per heavy atom. The first-order valence-corrected chi connectivity index (χ1v) is 22.4. The molecule has 0 rings (SSSR count). The molecule has 0 heterocycles. The van der Waals surface area contributed by atoms with Gasteiger partial charge in [-0.1, -0.05) is 6.08 Å². The predicted molar refractivity (Wildman–Crippen MR) is 120 cm³/mol. The molecule has 0 aliphatic rings. The fourth-order valence-corrected chi connectivity index (χ4v) is 15.5. The molecule has 0 saturated carbocycles. The van der Waals surface area contributed by atoms with Crippen molar-refractivity contribution in [1.82, 2.24) is 0 Å². The topological polar surface area (TPSA) is 36.9 Å². The van der Waals surface area contributed by atoms with Gasteiger partial charge in [-0.05, 0) is 64.6 Å². The first-order valence-electron chi connectivity index (χ1n) is 10.3. The molecule has 216 valence electrons. The average molecular weight is 621 g/mol. The maximum absolute atomic E-state index is 14.6. The van der Waals surface area contributed by atoms with Crippen LogP contribution in [-0.2, 0) is 17.1 Å². The van der Waals surface area contributed by atoms with E-state index in [0.717, 1.165) is 5.70 Å². The molecule has 0 aromatic carbocycles. The second-order valence-corrected chi connectivity index (χ2v) is 27.4. The van der Waals surface area contributed by atoms with E-state index < -0.39 is 70.4 Å². The highest BCUT2D eigenvalue weighted by atomic mass is 28.5. The average Bonchev–Trinajstić information content (AvgIpc) is 2.46. The van der Waals surface area contributed by atoms with Gasteiger partial charge in [0.1, 0.15) is 0 Å². The molecule has 0 fully saturated rings. The molecule has 4 nitrogen and oxygen atoms in total. The third kappa shape index (κ3) is 10.4. The van der Waals surface area contributed by atoms with Crippen molar-refractivity contribution in [3.8, 4) is 0 Å². The van der Waals surface area contributed by atoms with Crippen LogP contribution in [0, 0.1) is 0 Å². The number of halogens is 11. The Balaban J connectivity index is 6.56. The monoisotopic (exact) mass is 620 g/mol. The zero-order valence-corrected chi connectivity index (χ0v) is 25.2. The van der Waals surface area contributed by atoms with E-state index in [1.807, 2.05) is 0 Å². The smallest absolute Gasteiger partial charge is 0.414 e. The van der Waals surface area contributed by atoms with E-state index in [1.165, 1.54) is 0 Å². The predicted octanol–water partition coefficient (Wildman–Crippen LogP) is 8.00. The quantitative estimate of drug-likeness (QED) is 0.164.